The molecule has 0 saturated carbocycles. The van der Waals surface area contributed by atoms with Crippen molar-refractivity contribution in [3.63, 3.8) is 0 Å². The summed E-state index contributed by atoms with van der Waals surface area (Å²) in [5.74, 6) is 0.616. The van der Waals surface area contributed by atoms with Gasteiger partial charge in [0.1, 0.15) is 5.75 Å². The lowest BCUT2D eigenvalue weighted by atomic mass is 10.3. The Hall–Kier alpha value is -2.27. The van der Waals surface area contributed by atoms with E-state index in [2.05, 4.69) is 15.6 Å². The van der Waals surface area contributed by atoms with Crippen LogP contribution in [-0.2, 0) is 6.54 Å². The minimum absolute atomic E-state index is 0.304. The lowest BCUT2D eigenvalue weighted by Crippen LogP contribution is -2.28. The molecule has 0 spiro atoms. The molecule has 22 heavy (non-hydrogen) atoms. The summed E-state index contributed by atoms with van der Waals surface area (Å²) in [7, 11) is 0. The molecule has 2 amide bonds. The van der Waals surface area contributed by atoms with Gasteiger partial charge < -0.3 is 15.4 Å². The zero-order chi connectivity index (χ0) is 15.8. The monoisotopic (exact) mass is 319 g/mol. The Morgan fingerprint density at radius 1 is 1.36 bits per heavy atom. The number of carbonyl (C=O) groups is 1. The van der Waals surface area contributed by atoms with E-state index in [1.165, 1.54) is 0 Å². The van der Waals surface area contributed by atoms with Crippen LogP contribution in [0.3, 0.4) is 0 Å². The molecule has 116 valence electrons. The van der Waals surface area contributed by atoms with E-state index in [4.69, 9.17) is 16.3 Å². The number of halogens is 1. The van der Waals surface area contributed by atoms with Gasteiger partial charge in [0.25, 0.3) is 0 Å². The highest BCUT2D eigenvalue weighted by Gasteiger charge is 2.06. The van der Waals surface area contributed by atoms with E-state index in [-0.39, 0.29) is 6.03 Å². The van der Waals surface area contributed by atoms with Crippen molar-refractivity contribution < 1.29 is 9.53 Å². The van der Waals surface area contributed by atoms with E-state index in [1.807, 2.05) is 19.1 Å². The summed E-state index contributed by atoms with van der Waals surface area (Å²) in [6, 6.07) is 8.57. The molecule has 0 saturated heterocycles. The van der Waals surface area contributed by atoms with E-state index >= 15 is 0 Å². The topological polar surface area (TPSA) is 63.2 Å². The van der Waals surface area contributed by atoms with Crippen LogP contribution in [0.5, 0.6) is 5.75 Å². The molecule has 0 bridgehead atoms. The van der Waals surface area contributed by atoms with Gasteiger partial charge in [0, 0.05) is 24.6 Å². The molecule has 5 nitrogen and oxygen atoms in total. The molecular weight excluding hydrogens is 302 g/mol. The average molecular weight is 320 g/mol. The third-order valence-corrected chi connectivity index (χ3v) is 3.12. The first-order valence-electron chi connectivity index (χ1n) is 7.05. The molecule has 2 rings (SSSR count). The quantitative estimate of drug-likeness (QED) is 0.850. The fourth-order valence-corrected chi connectivity index (χ4v) is 2.00. The predicted octanol–water partition coefficient (Wildman–Crippen LogP) is 3.85. The van der Waals surface area contributed by atoms with Crippen molar-refractivity contribution in [2.75, 3.05) is 11.9 Å². The smallest absolute Gasteiger partial charge is 0.319 e. The van der Waals surface area contributed by atoms with E-state index in [9.17, 15) is 4.79 Å². The number of carbonyl (C=O) groups excluding carboxylic acids is 1. The lowest BCUT2D eigenvalue weighted by molar-refractivity contribution is 0.251. The van der Waals surface area contributed by atoms with Gasteiger partial charge in [-0.1, -0.05) is 24.6 Å². The van der Waals surface area contributed by atoms with Gasteiger partial charge in [-0.15, -0.1) is 0 Å². The fraction of sp³-hybridized carbons (Fsp3) is 0.250. The second-order valence-electron chi connectivity index (χ2n) is 4.66. The second kappa shape index (κ2) is 8.24. The van der Waals surface area contributed by atoms with Crippen molar-refractivity contribution >= 4 is 23.3 Å². The molecule has 0 aliphatic carbocycles. The molecule has 0 radical (unpaired) electrons. The fourth-order valence-electron chi connectivity index (χ4n) is 1.77. The largest absolute Gasteiger partial charge is 0.492 e. The Morgan fingerprint density at radius 3 is 2.91 bits per heavy atom. The third kappa shape index (κ3) is 4.93. The number of benzene rings is 1. The highest BCUT2D eigenvalue weighted by molar-refractivity contribution is 6.32. The molecule has 2 aromatic rings. The molecule has 0 atom stereocenters. The number of aromatic nitrogens is 1. The summed E-state index contributed by atoms with van der Waals surface area (Å²) < 4.78 is 5.48. The van der Waals surface area contributed by atoms with Crippen molar-refractivity contribution in [1.29, 1.82) is 0 Å². The minimum Gasteiger partial charge on any atom is -0.492 e. The van der Waals surface area contributed by atoms with Gasteiger partial charge in [0.15, 0.2) is 0 Å². The van der Waals surface area contributed by atoms with E-state index in [0.717, 1.165) is 12.0 Å². The third-order valence-electron chi connectivity index (χ3n) is 2.83. The zero-order valence-electron chi connectivity index (χ0n) is 12.3. The molecule has 0 unspecified atom stereocenters. The second-order valence-corrected chi connectivity index (χ2v) is 5.07. The van der Waals surface area contributed by atoms with Crippen LogP contribution in [0.2, 0.25) is 5.02 Å². The van der Waals surface area contributed by atoms with Crippen LogP contribution in [0.25, 0.3) is 0 Å². The van der Waals surface area contributed by atoms with Crippen molar-refractivity contribution in [3.8, 4) is 5.75 Å². The first-order valence-corrected chi connectivity index (χ1v) is 7.43. The van der Waals surface area contributed by atoms with Crippen molar-refractivity contribution in [2.24, 2.45) is 0 Å². The number of amides is 2. The number of urea groups is 1. The summed E-state index contributed by atoms with van der Waals surface area (Å²) in [4.78, 5) is 15.8. The number of nitrogens with one attached hydrogen (secondary N) is 2. The van der Waals surface area contributed by atoms with Gasteiger partial charge in [-0.05, 0) is 36.2 Å². The van der Waals surface area contributed by atoms with Gasteiger partial charge in [-0.2, -0.15) is 0 Å². The molecule has 2 N–H and O–H groups in total. The summed E-state index contributed by atoms with van der Waals surface area (Å²) in [5, 5.41) is 5.95. The molecule has 0 aliphatic heterocycles. The Balaban J connectivity index is 1.87. The first kappa shape index (κ1) is 16.1. The normalized spacial score (nSPS) is 10.1. The number of hydrogen-bond acceptors (Lipinski definition) is 3. The maximum absolute atomic E-state index is 11.8. The highest BCUT2D eigenvalue weighted by atomic mass is 35.5. The van der Waals surface area contributed by atoms with E-state index < -0.39 is 0 Å². The molecule has 1 aromatic heterocycles. The number of anilines is 1. The summed E-state index contributed by atoms with van der Waals surface area (Å²) in [6.07, 6.45) is 4.30. The molecule has 1 heterocycles. The van der Waals surface area contributed by atoms with Crippen LogP contribution in [-0.4, -0.2) is 17.6 Å². The maximum Gasteiger partial charge on any atom is 0.319 e. The Labute approximate surface area is 134 Å². The molecule has 0 fully saturated rings. The van der Waals surface area contributed by atoms with Crippen molar-refractivity contribution in [1.82, 2.24) is 10.3 Å². The van der Waals surface area contributed by atoms with E-state index in [0.29, 0.717) is 29.6 Å². The van der Waals surface area contributed by atoms with Crippen LogP contribution < -0.4 is 15.4 Å². The minimum atomic E-state index is -0.304. The zero-order valence-corrected chi connectivity index (χ0v) is 13.1. The maximum atomic E-state index is 11.8. The number of rotatable bonds is 6. The lowest BCUT2D eigenvalue weighted by Gasteiger charge is -2.10. The molecular formula is C16H18ClN3O2. The molecule has 0 aliphatic rings. The van der Waals surface area contributed by atoms with Gasteiger partial charge >= 0.3 is 6.03 Å². The van der Waals surface area contributed by atoms with Crippen molar-refractivity contribution in [3.05, 3.63) is 53.3 Å². The van der Waals surface area contributed by atoms with Crippen molar-refractivity contribution in [2.45, 2.75) is 19.9 Å². The van der Waals surface area contributed by atoms with Gasteiger partial charge in [0.05, 0.1) is 11.6 Å². The number of nitrogens with zero attached hydrogens (tertiary/aromatic N) is 1. The van der Waals surface area contributed by atoms with Crippen LogP contribution in [0.15, 0.2) is 42.7 Å². The van der Waals surface area contributed by atoms with Crippen LogP contribution in [0, 0.1) is 0 Å². The molecule has 1 aromatic carbocycles. The number of ether oxygens (including phenoxy) is 1. The standard InChI is InChI=1S/C16H18ClN3O2/c1-2-8-22-15-6-5-13(9-14(15)17)20-16(21)19-11-12-4-3-7-18-10-12/h3-7,9-10H,2,8,11H2,1H3,(H2,19,20,21). The van der Waals surface area contributed by atoms with Crippen LogP contribution in [0.1, 0.15) is 18.9 Å². The predicted molar refractivity (Wildman–Crippen MR) is 87.3 cm³/mol. The van der Waals surface area contributed by atoms with Crippen LogP contribution in [0.4, 0.5) is 10.5 Å². The Bertz CT molecular complexity index is 620. The first-order chi connectivity index (χ1) is 10.7. The highest BCUT2D eigenvalue weighted by Crippen LogP contribution is 2.27. The average Bonchev–Trinajstić information content (AvgIpc) is 2.53. The van der Waals surface area contributed by atoms with Gasteiger partial charge in [-0.25, -0.2) is 4.79 Å². The Kier molecular flexibility index (Phi) is 6.03. The van der Waals surface area contributed by atoms with Gasteiger partial charge in [0.2, 0.25) is 0 Å². The summed E-state index contributed by atoms with van der Waals surface area (Å²) in [6.45, 7) is 3.04. The number of hydrogen-bond donors (Lipinski definition) is 2. The molecule has 6 heteroatoms. The summed E-state index contributed by atoms with van der Waals surface area (Å²) >= 11 is 6.12. The summed E-state index contributed by atoms with van der Waals surface area (Å²) in [5.41, 5.74) is 1.54. The number of pyridine rings is 1. The van der Waals surface area contributed by atoms with Gasteiger partial charge in [-0.3, -0.25) is 4.98 Å². The Morgan fingerprint density at radius 2 is 2.23 bits per heavy atom. The SMILES string of the molecule is CCCOc1ccc(NC(=O)NCc2cccnc2)cc1Cl. The van der Waals surface area contributed by atoms with Crippen LogP contribution >= 0.6 is 11.6 Å². The van der Waals surface area contributed by atoms with E-state index in [1.54, 1.807) is 30.6 Å².